The highest BCUT2D eigenvalue weighted by Gasteiger charge is 2.22. The van der Waals surface area contributed by atoms with Crippen molar-refractivity contribution < 1.29 is 28.4 Å². The number of epoxide rings is 2. The number of hydrogen-bond donors (Lipinski definition) is 0. The molecule has 18 heavy (non-hydrogen) atoms. The maximum atomic E-state index is 5.34. The molecule has 2 atom stereocenters. The highest BCUT2D eigenvalue weighted by atomic mass is 16.6. The van der Waals surface area contributed by atoms with Crippen molar-refractivity contribution in [2.75, 3.05) is 66.1 Å². The van der Waals surface area contributed by atoms with Gasteiger partial charge in [0.15, 0.2) is 0 Å². The first-order valence-corrected chi connectivity index (χ1v) is 6.49. The Morgan fingerprint density at radius 3 is 1.28 bits per heavy atom. The topological polar surface area (TPSA) is 62.0 Å². The van der Waals surface area contributed by atoms with Crippen molar-refractivity contribution in [2.24, 2.45) is 0 Å². The zero-order valence-corrected chi connectivity index (χ0v) is 10.7. The lowest BCUT2D eigenvalue weighted by molar-refractivity contribution is -0.00457. The van der Waals surface area contributed by atoms with Crippen molar-refractivity contribution >= 4 is 0 Å². The molecule has 0 N–H and O–H groups in total. The van der Waals surface area contributed by atoms with E-state index in [0.29, 0.717) is 65.1 Å². The number of hydrogen-bond acceptors (Lipinski definition) is 6. The minimum Gasteiger partial charge on any atom is -0.377 e. The fraction of sp³-hybridized carbons (Fsp3) is 1.00. The van der Waals surface area contributed by atoms with Crippen LogP contribution >= 0.6 is 0 Å². The molecule has 0 radical (unpaired) electrons. The smallest absolute Gasteiger partial charge is 0.104 e. The van der Waals surface area contributed by atoms with E-state index in [2.05, 4.69) is 0 Å². The van der Waals surface area contributed by atoms with Crippen LogP contribution in [0.15, 0.2) is 0 Å². The van der Waals surface area contributed by atoms with Gasteiger partial charge in [-0.05, 0) is 0 Å². The van der Waals surface area contributed by atoms with Gasteiger partial charge in [0, 0.05) is 0 Å². The molecule has 0 spiro atoms. The molecule has 6 heteroatoms. The van der Waals surface area contributed by atoms with E-state index in [4.69, 9.17) is 28.4 Å². The van der Waals surface area contributed by atoms with E-state index in [1.165, 1.54) is 0 Å². The molecule has 2 aliphatic rings. The Bertz CT molecular complexity index is 183. The van der Waals surface area contributed by atoms with Gasteiger partial charge in [0.1, 0.15) is 12.2 Å². The second-order valence-corrected chi connectivity index (χ2v) is 4.29. The van der Waals surface area contributed by atoms with Gasteiger partial charge in [-0.2, -0.15) is 0 Å². The average Bonchev–Trinajstić information content (AvgIpc) is 3.25. The third kappa shape index (κ3) is 7.97. The van der Waals surface area contributed by atoms with Crippen molar-refractivity contribution in [2.45, 2.75) is 12.2 Å². The summed E-state index contributed by atoms with van der Waals surface area (Å²) in [5, 5.41) is 0. The normalized spacial score (nSPS) is 25.3. The van der Waals surface area contributed by atoms with Crippen LogP contribution in [-0.4, -0.2) is 78.3 Å². The van der Waals surface area contributed by atoms with Gasteiger partial charge < -0.3 is 28.4 Å². The van der Waals surface area contributed by atoms with Crippen molar-refractivity contribution in [3.63, 3.8) is 0 Å². The molecule has 0 bridgehead atoms. The van der Waals surface area contributed by atoms with Crippen molar-refractivity contribution in [1.82, 2.24) is 0 Å². The standard InChI is InChI=1S/C12H22O6/c1(13-3-5-15-7-11-9-17-11)2-14-4-6-16-8-12-10-18-12/h11-12H,1-10H2/t11-,12-/m0/s1. The molecule has 0 unspecified atom stereocenters. The Balaban J connectivity index is 1.19. The van der Waals surface area contributed by atoms with Crippen LogP contribution in [0.1, 0.15) is 0 Å². The third-order valence-electron chi connectivity index (χ3n) is 2.53. The molecular weight excluding hydrogens is 240 g/mol. The van der Waals surface area contributed by atoms with Crippen LogP contribution in [0.5, 0.6) is 0 Å². The zero-order valence-electron chi connectivity index (χ0n) is 10.7. The Kier molecular flexibility index (Phi) is 6.92. The summed E-state index contributed by atoms with van der Waals surface area (Å²) >= 11 is 0. The molecule has 0 aliphatic carbocycles. The van der Waals surface area contributed by atoms with E-state index in [-0.39, 0.29) is 0 Å². The molecule has 106 valence electrons. The lowest BCUT2D eigenvalue weighted by Crippen LogP contribution is -2.13. The van der Waals surface area contributed by atoms with E-state index in [0.717, 1.165) is 13.2 Å². The Labute approximate surface area is 107 Å². The molecule has 0 amide bonds. The molecule has 2 saturated heterocycles. The van der Waals surface area contributed by atoms with Crippen LogP contribution in [0.25, 0.3) is 0 Å². The van der Waals surface area contributed by atoms with Crippen LogP contribution in [-0.2, 0) is 28.4 Å². The van der Waals surface area contributed by atoms with Gasteiger partial charge in [0.25, 0.3) is 0 Å². The van der Waals surface area contributed by atoms with E-state index >= 15 is 0 Å². The summed E-state index contributed by atoms with van der Waals surface area (Å²) in [5.74, 6) is 0. The largest absolute Gasteiger partial charge is 0.377 e. The zero-order chi connectivity index (χ0) is 12.5. The highest BCUT2D eigenvalue weighted by molar-refractivity contribution is 4.67. The fourth-order valence-electron chi connectivity index (χ4n) is 1.32. The van der Waals surface area contributed by atoms with Gasteiger partial charge in [0.2, 0.25) is 0 Å². The van der Waals surface area contributed by atoms with Crippen LogP contribution in [0.4, 0.5) is 0 Å². The van der Waals surface area contributed by atoms with Crippen LogP contribution in [0.2, 0.25) is 0 Å². The molecule has 2 aliphatic heterocycles. The monoisotopic (exact) mass is 262 g/mol. The summed E-state index contributed by atoms with van der Waals surface area (Å²) < 4.78 is 31.4. The summed E-state index contributed by atoms with van der Waals surface area (Å²) in [6, 6.07) is 0. The quantitative estimate of drug-likeness (QED) is 0.340. The molecule has 2 fully saturated rings. The van der Waals surface area contributed by atoms with Gasteiger partial charge in [-0.25, -0.2) is 0 Å². The number of rotatable bonds is 13. The summed E-state index contributed by atoms with van der Waals surface area (Å²) in [7, 11) is 0. The molecule has 0 aromatic heterocycles. The first-order chi connectivity index (χ1) is 8.95. The lowest BCUT2D eigenvalue weighted by atomic mass is 10.5. The predicted octanol–water partition coefficient (Wildman–Crippen LogP) is -0.150. The molecule has 0 saturated carbocycles. The molecule has 0 aromatic carbocycles. The summed E-state index contributed by atoms with van der Waals surface area (Å²) in [5.41, 5.74) is 0. The van der Waals surface area contributed by atoms with E-state index < -0.39 is 0 Å². The average molecular weight is 262 g/mol. The van der Waals surface area contributed by atoms with Gasteiger partial charge in [-0.1, -0.05) is 0 Å². The Morgan fingerprint density at radius 1 is 0.611 bits per heavy atom. The van der Waals surface area contributed by atoms with Gasteiger partial charge >= 0.3 is 0 Å². The SMILES string of the molecule is C(COCCOC[C@H]1CO1)OCCOC[C@H]1CO1. The van der Waals surface area contributed by atoms with Crippen molar-refractivity contribution in [1.29, 1.82) is 0 Å². The molecule has 2 heterocycles. The third-order valence-corrected chi connectivity index (χ3v) is 2.53. The Morgan fingerprint density at radius 2 is 0.944 bits per heavy atom. The van der Waals surface area contributed by atoms with Crippen LogP contribution < -0.4 is 0 Å². The minimum atomic E-state index is 0.328. The Hall–Kier alpha value is -0.240. The van der Waals surface area contributed by atoms with Crippen molar-refractivity contribution in [3.05, 3.63) is 0 Å². The number of ether oxygens (including phenoxy) is 6. The molecule has 2 rings (SSSR count). The summed E-state index contributed by atoms with van der Waals surface area (Å²) in [6.45, 7) is 6.66. The maximum Gasteiger partial charge on any atom is 0.104 e. The van der Waals surface area contributed by atoms with Crippen molar-refractivity contribution in [3.8, 4) is 0 Å². The molecule has 0 aromatic rings. The van der Waals surface area contributed by atoms with E-state index in [1.54, 1.807) is 0 Å². The first-order valence-electron chi connectivity index (χ1n) is 6.49. The van der Waals surface area contributed by atoms with Crippen LogP contribution in [0.3, 0.4) is 0 Å². The molecular formula is C12H22O6. The fourth-order valence-corrected chi connectivity index (χ4v) is 1.32. The van der Waals surface area contributed by atoms with Gasteiger partial charge in [-0.3, -0.25) is 0 Å². The second kappa shape index (κ2) is 8.79. The highest BCUT2D eigenvalue weighted by Crippen LogP contribution is 2.08. The van der Waals surface area contributed by atoms with E-state index in [1.807, 2.05) is 0 Å². The first kappa shape index (κ1) is 14.2. The maximum absolute atomic E-state index is 5.34. The predicted molar refractivity (Wildman–Crippen MR) is 62.8 cm³/mol. The van der Waals surface area contributed by atoms with Crippen LogP contribution in [0, 0.1) is 0 Å². The van der Waals surface area contributed by atoms with Gasteiger partial charge in [-0.15, -0.1) is 0 Å². The minimum absolute atomic E-state index is 0.328. The summed E-state index contributed by atoms with van der Waals surface area (Å²) in [6.07, 6.45) is 0.656. The lowest BCUT2D eigenvalue weighted by Gasteiger charge is -2.06. The molecule has 6 nitrogen and oxygen atoms in total. The van der Waals surface area contributed by atoms with Gasteiger partial charge in [0.05, 0.1) is 66.1 Å². The van der Waals surface area contributed by atoms with E-state index in [9.17, 15) is 0 Å². The summed E-state index contributed by atoms with van der Waals surface area (Å²) in [4.78, 5) is 0. The second-order valence-electron chi connectivity index (χ2n) is 4.29.